The number of hydrogen-bond acceptors (Lipinski definition) is 5. The molecule has 1 unspecified atom stereocenters. The van der Waals surface area contributed by atoms with E-state index in [9.17, 15) is 19.2 Å². The van der Waals surface area contributed by atoms with Gasteiger partial charge >= 0.3 is 0 Å². The lowest BCUT2D eigenvalue weighted by atomic mass is 9.96. The Morgan fingerprint density at radius 1 is 1.06 bits per heavy atom. The number of amides is 3. The van der Waals surface area contributed by atoms with Crippen molar-refractivity contribution in [2.75, 3.05) is 13.1 Å². The van der Waals surface area contributed by atoms with Crippen molar-refractivity contribution in [2.45, 2.75) is 44.8 Å². The van der Waals surface area contributed by atoms with Gasteiger partial charge in [-0.3, -0.25) is 29.4 Å². The van der Waals surface area contributed by atoms with Crippen molar-refractivity contribution in [3.63, 3.8) is 0 Å². The van der Waals surface area contributed by atoms with Crippen LogP contribution < -0.4 is 10.9 Å². The normalized spacial score (nSPS) is 20.9. The van der Waals surface area contributed by atoms with Crippen LogP contribution in [-0.4, -0.2) is 51.2 Å². The number of fused-ring (bicyclic) bond motifs is 1. The molecule has 0 aliphatic carbocycles. The SMILES string of the molecule is Cn1ccc(CN2CCC(C#Cc3cccc4c3CN(C3CCC(=O)NC3=O)C4=O)CC2)cc1=O. The number of carbonyl (C=O) groups excluding carboxylic acids is 3. The zero-order valence-electron chi connectivity index (χ0n) is 19.8. The molecule has 1 N–H and O–H groups in total. The Balaban J connectivity index is 1.23. The van der Waals surface area contributed by atoms with Gasteiger partial charge in [-0.25, -0.2) is 0 Å². The molecule has 0 spiro atoms. The summed E-state index contributed by atoms with van der Waals surface area (Å²) in [5.74, 6) is 6.12. The van der Waals surface area contributed by atoms with Crippen LogP contribution in [0.5, 0.6) is 0 Å². The van der Waals surface area contributed by atoms with Gasteiger partial charge in [-0.05, 0) is 61.7 Å². The standard InChI is InChI=1S/C27H28N4O4/c1-29-12-9-19(15-25(29)33)16-30-13-10-18(11-14-30)5-6-20-3-2-4-21-22(20)17-31(27(21)35)23-7-8-24(32)28-26(23)34/h2-4,9,12,15,18,23H,7-8,10-11,13-14,16-17H2,1H3,(H,28,32,34). The Bertz CT molecular complexity index is 1310. The predicted octanol–water partition coefficient (Wildman–Crippen LogP) is 1.41. The van der Waals surface area contributed by atoms with Crippen molar-refractivity contribution < 1.29 is 14.4 Å². The maximum absolute atomic E-state index is 13.0. The molecule has 2 saturated heterocycles. The highest BCUT2D eigenvalue weighted by Crippen LogP contribution is 2.29. The van der Waals surface area contributed by atoms with E-state index < -0.39 is 11.9 Å². The lowest BCUT2D eigenvalue weighted by molar-refractivity contribution is -0.136. The Morgan fingerprint density at radius 2 is 1.86 bits per heavy atom. The third-order valence-electron chi connectivity index (χ3n) is 7.16. The number of piperidine rings is 2. The second-order valence-electron chi connectivity index (χ2n) is 9.54. The first kappa shape index (κ1) is 23.1. The van der Waals surface area contributed by atoms with Crippen molar-refractivity contribution in [1.82, 2.24) is 19.7 Å². The number of likely N-dealkylation sites (tertiary alicyclic amines) is 1. The summed E-state index contributed by atoms with van der Waals surface area (Å²) in [5, 5.41) is 2.34. The van der Waals surface area contributed by atoms with Crippen molar-refractivity contribution in [2.24, 2.45) is 13.0 Å². The van der Waals surface area contributed by atoms with E-state index in [-0.39, 0.29) is 29.7 Å². The Hall–Kier alpha value is -3.70. The van der Waals surface area contributed by atoms with Crippen LogP contribution in [-0.2, 0) is 29.7 Å². The number of aryl methyl sites for hydroxylation is 1. The summed E-state index contributed by atoms with van der Waals surface area (Å²) < 4.78 is 1.57. The number of carbonyl (C=O) groups is 3. The minimum atomic E-state index is -0.623. The summed E-state index contributed by atoms with van der Waals surface area (Å²) >= 11 is 0. The van der Waals surface area contributed by atoms with Crippen LogP contribution in [0, 0.1) is 17.8 Å². The number of benzene rings is 1. The van der Waals surface area contributed by atoms with E-state index in [1.165, 1.54) is 0 Å². The molecule has 180 valence electrons. The minimum Gasteiger partial charge on any atom is -0.322 e. The highest BCUT2D eigenvalue weighted by atomic mass is 16.2. The average Bonchev–Trinajstić information content (AvgIpc) is 3.18. The van der Waals surface area contributed by atoms with Gasteiger partial charge in [-0.2, -0.15) is 0 Å². The third-order valence-corrected chi connectivity index (χ3v) is 7.16. The molecule has 3 aliphatic rings. The first-order valence-electron chi connectivity index (χ1n) is 12.0. The first-order valence-corrected chi connectivity index (χ1v) is 12.0. The van der Waals surface area contributed by atoms with E-state index in [0.717, 1.165) is 49.2 Å². The van der Waals surface area contributed by atoms with Gasteiger partial charge in [0.25, 0.3) is 11.5 Å². The van der Waals surface area contributed by atoms with Gasteiger partial charge in [0.15, 0.2) is 0 Å². The maximum atomic E-state index is 13.0. The van der Waals surface area contributed by atoms with E-state index in [2.05, 4.69) is 22.1 Å². The van der Waals surface area contributed by atoms with Crippen LogP contribution in [0.2, 0.25) is 0 Å². The van der Waals surface area contributed by atoms with Gasteiger partial charge in [-0.1, -0.05) is 17.9 Å². The van der Waals surface area contributed by atoms with Crippen LogP contribution in [0.25, 0.3) is 0 Å². The fourth-order valence-corrected chi connectivity index (χ4v) is 5.06. The molecular formula is C27H28N4O4. The topological polar surface area (TPSA) is 91.7 Å². The fourth-order valence-electron chi connectivity index (χ4n) is 5.06. The molecule has 8 nitrogen and oxygen atoms in total. The molecule has 1 aromatic heterocycles. The van der Waals surface area contributed by atoms with Crippen LogP contribution in [0.4, 0.5) is 0 Å². The molecule has 1 aromatic carbocycles. The van der Waals surface area contributed by atoms with Crippen molar-refractivity contribution >= 4 is 17.7 Å². The van der Waals surface area contributed by atoms with Crippen LogP contribution in [0.3, 0.4) is 0 Å². The number of nitrogens with zero attached hydrogens (tertiary/aromatic N) is 3. The summed E-state index contributed by atoms with van der Waals surface area (Å²) in [4.78, 5) is 52.6. The smallest absolute Gasteiger partial charge is 0.255 e. The highest BCUT2D eigenvalue weighted by molar-refractivity contribution is 6.05. The zero-order valence-corrected chi connectivity index (χ0v) is 19.8. The molecule has 3 amide bonds. The second-order valence-corrected chi connectivity index (χ2v) is 9.54. The number of pyridine rings is 1. The van der Waals surface area contributed by atoms with Gasteiger partial charge < -0.3 is 9.47 Å². The molecule has 1 atom stereocenters. The average molecular weight is 473 g/mol. The Morgan fingerprint density at radius 3 is 2.60 bits per heavy atom. The highest BCUT2D eigenvalue weighted by Gasteiger charge is 2.39. The Labute approximate surface area is 203 Å². The van der Waals surface area contributed by atoms with E-state index in [1.807, 2.05) is 18.2 Å². The van der Waals surface area contributed by atoms with E-state index >= 15 is 0 Å². The molecule has 8 heteroatoms. The van der Waals surface area contributed by atoms with E-state index in [0.29, 0.717) is 18.5 Å². The zero-order chi connectivity index (χ0) is 24.5. The maximum Gasteiger partial charge on any atom is 0.255 e. The van der Waals surface area contributed by atoms with Crippen LogP contribution >= 0.6 is 0 Å². The molecule has 2 aromatic rings. The molecule has 35 heavy (non-hydrogen) atoms. The molecule has 2 fully saturated rings. The van der Waals surface area contributed by atoms with Crippen LogP contribution in [0.1, 0.15) is 52.7 Å². The van der Waals surface area contributed by atoms with Crippen molar-refractivity contribution in [3.8, 4) is 11.8 Å². The number of rotatable bonds is 3. The number of imide groups is 1. The molecule has 4 heterocycles. The number of aromatic nitrogens is 1. The van der Waals surface area contributed by atoms with Gasteiger partial charge in [-0.15, -0.1) is 0 Å². The second kappa shape index (κ2) is 9.51. The van der Waals surface area contributed by atoms with Gasteiger partial charge in [0, 0.05) is 55.9 Å². The molecule has 0 bridgehead atoms. The summed E-state index contributed by atoms with van der Waals surface area (Å²) in [6, 6.07) is 8.61. The number of nitrogens with one attached hydrogen (secondary N) is 1. The summed E-state index contributed by atoms with van der Waals surface area (Å²) in [6.45, 7) is 2.94. The molecule has 0 saturated carbocycles. The van der Waals surface area contributed by atoms with E-state index in [1.54, 1.807) is 34.8 Å². The summed E-state index contributed by atoms with van der Waals surface area (Å²) in [5.41, 5.74) is 3.31. The van der Waals surface area contributed by atoms with Gasteiger partial charge in [0.2, 0.25) is 11.8 Å². The van der Waals surface area contributed by atoms with Crippen molar-refractivity contribution in [1.29, 1.82) is 0 Å². The fraction of sp³-hybridized carbons (Fsp3) is 0.407. The van der Waals surface area contributed by atoms with Crippen molar-refractivity contribution in [3.05, 3.63) is 69.1 Å². The lowest BCUT2D eigenvalue weighted by Crippen LogP contribution is -2.52. The monoisotopic (exact) mass is 472 g/mol. The lowest BCUT2D eigenvalue weighted by Gasteiger charge is -2.29. The van der Waals surface area contributed by atoms with E-state index in [4.69, 9.17) is 0 Å². The quantitative estimate of drug-likeness (QED) is 0.539. The Kier molecular flexibility index (Phi) is 6.27. The largest absolute Gasteiger partial charge is 0.322 e. The van der Waals surface area contributed by atoms with Crippen LogP contribution in [0.15, 0.2) is 41.3 Å². The van der Waals surface area contributed by atoms with Gasteiger partial charge in [0.05, 0.1) is 0 Å². The summed E-state index contributed by atoms with van der Waals surface area (Å²) in [7, 11) is 1.75. The summed E-state index contributed by atoms with van der Waals surface area (Å²) in [6.07, 6.45) is 4.30. The molecule has 3 aliphatic heterocycles. The molecule has 5 rings (SSSR count). The number of hydrogen-bond donors (Lipinski definition) is 1. The first-order chi connectivity index (χ1) is 16.9. The predicted molar refractivity (Wildman–Crippen MR) is 129 cm³/mol. The molecule has 0 radical (unpaired) electrons. The van der Waals surface area contributed by atoms with Gasteiger partial charge in [0.1, 0.15) is 6.04 Å². The minimum absolute atomic E-state index is 0.00768. The third kappa shape index (κ3) is 4.77. The molecular weight excluding hydrogens is 444 g/mol.